The Bertz CT molecular complexity index is 1040. The van der Waals surface area contributed by atoms with Crippen molar-refractivity contribution in [1.29, 1.82) is 0 Å². The summed E-state index contributed by atoms with van der Waals surface area (Å²) < 4.78 is 90.2. The lowest BCUT2D eigenvalue weighted by Crippen LogP contribution is -2.56. The Hall–Kier alpha value is -2.43. The molecule has 0 saturated carbocycles. The van der Waals surface area contributed by atoms with Gasteiger partial charge in [-0.1, -0.05) is 25.4 Å². The van der Waals surface area contributed by atoms with Crippen LogP contribution in [0.2, 0.25) is 0 Å². The third-order valence-corrected chi connectivity index (χ3v) is 7.95. The highest BCUT2D eigenvalue weighted by molar-refractivity contribution is 6.95. The smallest absolute Gasteiger partial charge is 0.397 e. The van der Waals surface area contributed by atoms with Crippen molar-refractivity contribution >= 4 is 27.4 Å². The van der Waals surface area contributed by atoms with Gasteiger partial charge in [0.15, 0.2) is 11.6 Å². The SMILES string of the molecule is COc1c[c]([Al]([c]2cc(C)c(F)cc2F)[c]2cc(C)c(F)cc2F)c(F)cc1F. The fraction of sp³-hybridized carbons (Fsp3) is 0.143. The minimum Gasteiger partial charge on any atom is -0.494 e. The topological polar surface area (TPSA) is 9.23 Å². The molecule has 0 aromatic heterocycles. The first-order valence-corrected chi connectivity index (χ1v) is 10.3. The summed E-state index contributed by atoms with van der Waals surface area (Å²) >= 11 is -3.29. The quantitative estimate of drug-likeness (QED) is 0.459. The summed E-state index contributed by atoms with van der Waals surface area (Å²) in [4.78, 5) is 0. The van der Waals surface area contributed by atoms with Crippen molar-refractivity contribution in [2.45, 2.75) is 13.8 Å². The van der Waals surface area contributed by atoms with Gasteiger partial charge in [-0.3, -0.25) is 0 Å². The van der Waals surface area contributed by atoms with Gasteiger partial charge in [-0.05, 0) is 31.0 Å². The molecule has 0 aliphatic rings. The minimum atomic E-state index is -3.29. The maximum absolute atomic E-state index is 14.8. The Morgan fingerprint density at radius 3 is 1.34 bits per heavy atom. The molecule has 3 aromatic carbocycles. The van der Waals surface area contributed by atoms with Crippen LogP contribution in [0, 0.1) is 48.8 Å². The molecule has 0 spiro atoms. The summed E-state index contributed by atoms with van der Waals surface area (Å²) in [5.41, 5.74) is 0.153. The van der Waals surface area contributed by atoms with E-state index in [1.165, 1.54) is 33.1 Å². The van der Waals surface area contributed by atoms with E-state index in [0.717, 1.165) is 6.07 Å². The fourth-order valence-corrected chi connectivity index (χ4v) is 6.46. The Balaban J connectivity index is 2.38. The largest absolute Gasteiger partial charge is 0.494 e. The molecule has 150 valence electrons. The van der Waals surface area contributed by atoms with Gasteiger partial charge in [-0.2, -0.15) is 0 Å². The van der Waals surface area contributed by atoms with E-state index < -0.39 is 49.1 Å². The van der Waals surface area contributed by atoms with E-state index in [9.17, 15) is 26.3 Å². The first kappa shape index (κ1) is 21.3. The third-order valence-electron chi connectivity index (χ3n) is 4.76. The summed E-state index contributed by atoms with van der Waals surface area (Å²) in [6.45, 7) is 2.77. The average Bonchev–Trinajstić information content (AvgIpc) is 2.65. The van der Waals surface area contributed by atoms with Gasteiger partial charge in [-0.15, -0.1) is 0 Å². The van der Waals surface area contributed by atoms with Crippen LogP contribution in [-0.2, 0) is 0 Å². The van der Waals surface area contributed by atoms with Crippen LogP contribution in [0.15, 0.2) is 36.4 Å². The van der Waals surface area contributed by atoms with Crippen LogP contribution in [0.1, 0.15) is 11.1 Å². The zero-order chi connectivity index (χ0) is 21.5. The molecular weight excluding hydrogens is 409 g/mol. The molecule has 0 radical (unpaired) electrons. The second-order valence-electron chi connectivity index (χ2n) is 6.69. The number of halogens is 6. The zero-order valence-electron chi connectivity index (χ0n) is 15.7. The van der Waals surface area contributed by atoms with Crippen molar-refractivity contribution < 1.29 is 31.1 Å². The molecule has 0 unspecified atom stereocenters. The Morgan fingerprint density at radius 2 is 0.931 bits per heavy atom. The molecule has 0 heterocycles. The van der Waals surface area contributed by atoms with E-state index in [4.69, 9.17) is 4.74 Å². The second kappa shape index (κ2) is 8.13. The molecule has 0 N–H and O–H groups in total. The molecule has 1 nitrogen and oxygen atoms in total. The maximum atomic E-state index is 14.8. The highest BCUT2D eigenvalue weighted by Gasteiger charge is 2.35. The molecule has 0 fully saturated rings. The molecule has 0 aliphatic heterocycles. The zero-order valence-corrected chi connectivity index (χ0v) is 16.9. The van der Waals surface area contributed by atoms with E-state index in [-0.39, 0.29) is 30.2 Å². The van der Waals surface area contributed by atoms with Crippen LogP contribution < -0.4 is 18.0 Å². The summed E-state index contributed by atoms with van der Waals surface area (Å²) in [7, 11) is 1.17. The highest BCUT2D eigenvalue weighted by atomic mass is 27.2. The first-order chi connectivity index (χ1) is 13.6. The van der Waals surface area contributed by atoms with Crippen LogP contribution >= 0.6 is 0 Å². The van der Waals surface area contributed by atoms with Gasteiger partial charge >= 0.3 is 14.1 Å². The van der Waals surface area contributed by atoms with Gasteiger partial charge in [0.1, 0.15) is 29.1 Å². The first-order valence-electron chi connectivity index (χ1n) is 8.58. The standard InChI is InChI=1S/C7H5F2O.2C7H5F2.Al/c1-10-7-3-2-5(8)4-6(7)9;2*1-5-2-3-6(8)4-7(5)9;/h3-4H,1H3;2*2,4H,1H3;. The van der Waals surface area contributed by atoms with Crippen molar-refractivity contribution in [3.05, 3.63) is 82.4 Å². The molecule has 3 aromatic rings. The average molecular weight is 424 g/mol. The fourth-order valence-electron chi connectivity index (χ4n) is 3.23. The molecule has 29 heavy (non-hydrogen) atoms. The molecule has 0 atom stereocenters. The predicted octanol–water partition coefficient (Wildman–Crippen LogP) is 3.66. The number of methoxy groups -OCH3 is 1. The third kappa shape index (κ3) is 4.00. The van der Waals surface area contributed by atoms with E-state index in [1.54, 1.807) is 0 Å². The molecule has 0 bridgehead atoms. The number of ether oxygens (including phenoxy) is 1. The van der Waals surface area contributed by atoms with Gasteiger partial charge in [0.05, 0.1) is 7.11 Å². The van der Waals surface area contributed by atoms with Gasteiger partial charge in [-0.25, -0.2) is 26.3 Å². The van der Waals surface area contributed by atoms with Gasteiger partial charge < -0.3 is 4.74 Å². The lowest BCUT2D eigenvalue weighted by molar-refractivity contribution is 0.385. The van der Waals surface area contributed by atoms with Crippen molar-refractivity contribution in [3.8, 4) is 5.75 Å². The summed E-state index contributed by atoms with van der Waals surface area (Å²) in [5.74, 6) is -5.92. The predicted molar refractivity (Wildman–Crippen MR) is 99.8 cm³/mol. The van der Waals surface area contributed by atoms with E-state index in [0.29, 0.717) is 18.2 Å². The minimum absolute atomic E-state index is 0.0765. The normalized spacial score (nSPS) is 10.9. The Labute approximate surface area is 167 Å². The van der Waals surface area contributed by atoms with Crippen molar-refractivity contribution in [3.63, 3.8) is 0 Å². The highest BCUT2D eigenvalue weighted by Crippen LogP contribution is 2.18. The number of hydrogen-bond acceptors (Lipinski definition) is 1. The van der Waals surface area contributed by atoms with Gasteiger partial charge in [0.25, 0.3) is 0 Å². The summed E-state index contributed by atoms with van der Waals surface area (Å²) in [5, 5.41) is 0. The monoisotopic (exact) mass is 424 g/mol. The molecule has 0 saturated heterocycles. The van der Waals surface area contributed by atoms with Crippen LogP contribution in [0.4, 0.5) is 26.3 Å². The van der Waals surface area contributed by atoms with Gasteiger partial charge in [0, 0.05) is 18.2 Å². The maximum Gasteiger partial charge on any atom is 0.397 e. The lowest BCUT2D eigenvalue weighted by atomic mass is 10.2. The lowest BCUT2D eigenvalue weighted by Gasteiger charge is -2.19. The van der Waals surface area contributed by atoms with E-state index >= 15 is 0 Å². The molecular formula is C21H15AlF6O. The Morgan fingerprint density at radius 1 is 0.552 bits per heavy atom. The van der Waals surface area contributed by atoms with Gasteiger partial charge in [0.2, 0.25) is 0 Å². The van der Waals surface area contributed by atoms with E-state index in [1.807, 2.05) is 0 Å². The summed E-state index contributed by atoms with van der Waals surface area (Å²) in [6.07, 6.45) is 0. The number of aryl methyl sites for hydroxylation is 2. The van der Waals surface area contributed by atoms with Crippen molar-refractivity contribution in [1.82, 2.24) is 0 Å². The molecule has 8 heteroatoms. The number of rotatable bonds is 4. The number of hydrogen-bond donors (Lipinski definition) is 0. The molecule has 0 aliphatic carbocycles. The van der Waals surface area contributed by atoms with Crippen LogP contribution in [0.25, 0.3) is 0 Å². The summed E-state index contributed by atoms with van der Waals surface area (Å²) in [6, 6.07) is 5.23. The van der Waals surface area contributed by atoms with E-state index in [2.05, 4.69) is 0 Å². The second-order valence-corrected chi connectivity index (χ2v) is 9.42. The van der Waals surface area contributed by atoms with Crippen LogP contribution in [-0.4, -0.2) is 21.3 Å². The Kier molecular flexibility index (Phi) is 5.97. The van der Waals surface area contributed by atoms with Crippen LogP contribution in [0.3, 0.4) is 0 Å². The molecule has 3 rings (SSSR count). The molecule has 0 amide bonds. The number of benzene rings is 3. The van der Waals surface area contributed by atoms with Crippen LogP contribution in [0.5, 0.6) is 5.75 Å². The van der Waals surface area contributed by atoms with Crippen molar-refractivity contribution in [2.75, 3.05) is 7.11 Å². The van der Waals surface area contributed by atoms with Crippen molar-refractivity contribution in [2.24, 2.45) is 0 Å².